The van der Waals surface area contributed by atoms with Crippen molar-refractivity contribution >= 4 is 17.2 Å². The van der Waals surface area contributed by atoms with Gasteiger partial charge in [0.2, 0.25) is 0 Å². The molecule has 0 spiro atoms. The summed E-state index contributed by atoms with van der Waals surface area (Å²) in [6, 6.07) is 6.15. The highest BCUT2D eigenvalue weighted by molar-refractivity contribution is 7.13. The first kappa shape index (κ1) is 14.1. The molecule has 3 aromatic rings. The number of amides is 1. The van der Waals surface area contributed by atoms with E-state index >= 15 is 0 Å². The van der Waals surface area contributed by atoms with Crippen LogP contribution in [-0.4, -0.2) is 49.1 Å². The van der Waals surface area contributed by atoms with Crippen LogP contribution >= 0.6 is 11.3 Å². The summed E-state index contributed by atoms with van der Waals surface area (Å²) < 4.78 is 1.88. The Morgan fingerprint density at radius 3 is 2.91 bits per heavy atom. The number of hydrogen-bond donors (Lipinski definition) is 1. The van der Waals surface area contributed by atoms with Gasteiger partial charge in [0.15, 0.2) is 5.69 Å². The fourth-order valence-electron chi connectivity index (χ4n) is 2.90. The molecule has 3 aromatic heterocycles. The van der Waals surface area contributed by atoms with Crippen LogP contribution in [0.1, 0.15) is 29.4 Å². The normalized spacial score (nSPS) is 15.9. The minimum absolute atomic E-state index is 0.0129. The highest BCUT2D eigenvalue weighted by atomic mass is 32.1. The molecule has 0 aromatic carbocycles. The molecular formula is C15H16N6OS. The topological polar surface area (TPSA) is 79.7 Å². The van der Waals surface area contributed by atoms with E-state index < -0.39 is 0 Å². The molecule has 118 valence electrons. The second kappa shape index (κ2) is 5.96. The molecule has 4 rings (SSSR count). The van der Waals surface area contributed by atoms with Crippen LogP contribution in [0.3, 0.4) is 0 Å². The number of hydrogen-bond acceptors (Lipinski definition) is 5. The summed E-state index contributed by atoms with van der Waals surface area (Å²) in [5.41, 5.74) is 1.37. The molecular weight excluding hydrogens is 312 g/mol. The first-order valence-electron chi connectivity index (χ1n) is 7.55. The number of carbonyl (C=O) groups excluding carboxylic acids is 1. The molecule has 1 amide bonds. The van der Waals surface area contributed by atoms with E-state index in [4.69, 9.17) is 0 Å². The van der Waals surface area contributed by atoms with Crippen LogP contribution in [0, 0.1) is 0 Å². The zero-order valence-corrected chi connectivity index (χ0v) is 13.2. The fraction of sp³-hybridized carbons (Fsp3) is 0.333. The molecule has 1 aliphatic heterocycles. The maximum atomic E-state index is 12.6. The molecule has 1 aliphatic rings. The Hall–Kier alpha value is -2.48. The van der Waals surface area contributed by atoms with E-state index in [1.54, 1.807) is 17.5 Å². The number of carbonyl (C=O) groups is 1. The molecule has 23 heavy (non-hydrogen) atoms. The largest absolute Gasteiger partial charge is 0.337 e. The minimum Gasteiger partial charge on any atom is -0.337 e. The fourth-order valence-corrected chi connectivity index (χ4v) is 3.59. The van der Waals surface area contributed by atoms with Crippen LogP contribution in [0.25, 0.3) is 10.6 Å². The van der Waals surface area contributed by atoms with E-state index in [0.717, 1.165) is 23.4 Å². The van der Waals surface area contributed by atoms with Crippen molar-refractivity contribution in [3.8, 4) is 10.6 Å². The third-order valence-electron chi connectivity index (χ3n) is 4.15. The van der Waals surface area contributed by atoms with Crippen molar-refractivity contribution in [1.82, 2.24) is 30.1 Å². The highest BCUT2D eigenvalue weighted by Gasteiger charge is 2.26. The summed E-state index contributed by atoms with van der Waals surface area (Å²) in [5, 5.41) is 17.0. The molecule has 7 nitrogen and oxygen atoms in total. The van der Waals surface area contributed by atoms with Crippen molar-refractivity contribution < 1.29 is 4.79 Å². The van der Waals surface area contributed by atoms with Crippen molar-refractivity contribution in [1.29, 1.82) is 0 Å². The number of nitrogens with zero attached hydrogens (tertiary/aromatic N) is 5. The lowest BCUT2D eigenvalue weighted by molar-refractivity contribution is 0.0683. The van der Waals surface area contributed by atoms with Gasteiger partial charge in [0, 0.05) is 19.3 Å². The van der Waals surface area contributed by atoms with Crippen LogP contribution in [0.5, 0.6) is 0 Å². The SMILES string of the molecule is O=C(c1cc(-c2cccs2)[nH]n1)N1CCC(n2ccnn2)CC1. The van der Waals surface area contributed by atoms with Crippen LogP contribution in [-0.2, 0) is 0 Å². The van der Waals surface area contributed by atoms with E-state index in [-0.39, 0.29) is 5.91 Å². The van der Waals surface area contributed by atoms with Gasteiger partial charge in [-0.25, -0.2) is 4.68 Å². The third-order valence-corrected chi connectivity index (χ3v) is 5.05. The molecule has 1 fully saturated rings. The molecule has 0 unspecified atom stereocenters. The third kappa shape index (κ3) is 2.77. The Balaban J connectivity index is 1.42. The molecule has 8 heteroatoms. The van der Waals surface area contributed by atoms with E-state index in [2.05, 4.69) is 20.5 Å². The molecule has 0 bridgehead atoms. The van der Waals surface area contributed by atoms with Crippen molar-refractivity contribution in [2.24, 2.45) is 0 Å². The lowest BCUT2D eigenvalue weighted by Crippen LogP contribution is -2.39. The number of piperidine rings is 1. The molecule has 1 N–H and O–H groups in total. The lowest BCUT2D eigenvalue weighted by atomic mass is 10.0. The first-order valence-corrected chi connectivity index (χ1v) is 8.43. The van der Waals surface area contributed by atoms with Gasteiger partial charge in [-0.1, -0.05) is 11.3 Å². The molecule has 4 heterocycles. The predicted molar refractivity (Wildman–Crippen MR) is 86.1 cm³/mol. The van der Waals surface area contributed by atoms with Crippen LogP contribution in [0.2, 0.25) is 0 Å². The maximum absolute atomic E-state index is 12.6. The minimum atomic E-state index is -0.0129. The summed E-state index contributed by atoms with van der Waals surface area (Å²) >= 11 is 1.62. The Bertz CT molecular complexity index is 771. The number of H-pyrrole nitrogens is 1. The quantitative estimate of drug-likeness (QED) is 0.799. The van der Waals surface area contributed by atoms with Gasteiger partial charge >= 0.3 is 0 Å². The van der Waals surface area contributed by atoms with Gasteiger partial charge < -0.3 is 4.90 Å². The zero-order chi connectivity index (χ0) is 15.6. The van der Waals surface area contributed by atoms with Crippen molar-refractivity contribution in [3.63, 3.8) is 0 Å². The second-order valence-corrected chi connectivity index (χ2v) is 6.50. The van der Waals surface area contributed by atoms with E-state index in [1.165, 1.54) is 0 Å². The molecule has 0 radical (unpaired) electrons. The molecule has 1 saturated heterocycles. The van der Waals surface area contributed by atoms with E-state index in [1.807, 2.05) is 39.4 Å². The number of likely N-dealkylation sites (tertiary alicyclic amines) is 1. The Labute approximate surface area is 136 Å². The van der Waals surface area contributed by atoms with Crippen molar-refractivity contribution in [3.05, 3.63) is 41.7 Å². The average molecular weight is 328 g/mol. The van der Waals surface area contributed by atoms with Crippen molar-refractivity contribution in [2.75, 3.05) is 13.1 Å². The summed E-state index contributed by atoms with van der Waals surface area (Å²) in [5.74, 6) is -0.0129. The number of rotatable bonds is 3. The summed E-state index contributed by atoms with van der Waals surface area (Å²) in [6.45, 7) is 1.43. The van der Waals surface area contributed by atoms with Gasteiger partial charge in [-0.2, -0.15) is 5.10 Å². The van der Waals surface area contributed by atoms with Gasteiger partial charge in [-0.05, 0) is 30.4 Å². The summed E-state index contributed by atoms with van der Waals surface area (Å²) in [7, 11) is 0. The smallest absolute Gasteiger partial charge is 0.274 e. The van der Waals surface area contributed by atoms with Crippen LogP contribution in [0.15, 0.2) is 36.0 Å². The number of aromatic amines is 1. The van der Waals surface area contributed by atoms with Gasteiger partial charge in [0.25, 0.3) is 5.91 Å². The Kier molecular flexibility index (Phi) is 3.66. The number of nitrogens with one attached hydrogen (secondary N) is 1. The van der Waals surface area contributed by atoms with Gasteiger partial charge in [-0.15, -0.1) is 16.4 Å². The predicted octanol–water partition coefficient (Wildman–Crippen LogP) is 2.21. The highest BCUT2D eigenvalue weighted by Crippen LogP contribution is 2.25. The zero-order valence-electron chi connectivity index (χ0n) is 12.4. The Morgan fingerprint density at radius 1 is 1.35 bits per heavy atom. The molecule has 0 saturated carbocycles. The van der Waals surface area contributed by atoms with Crippen LogP contribution in [0.4, 0.5) is 0 Å². The molecule has 0 atom stereocenters. The van der Waals surface area contributed by atoms with E-state index in [9.17, 15) is 4.79 Å². The van der Waals surface area contributed by atoms with Crippen molar-refractivity contribution in [2.45, 2.75) is 18.9 Å². The Morgan fingerprint density at radius 2 is 2.22 bits per heavy atom. The second-order valence-electron chi connectivity index (χ2n) is 5.55. The lowest BCUT2D eigenvalue weighted by Gasteiger charge is -2.31. The average Bonchev–Trinajstić information content (AvgIpc) is 3.36. The van der Waals surface area contributed by atoms with E-state index in [0.29, 0.717) is 24.8 Å². The first-order chi connectivity index (χ1) is 11.3. The van der Waals surface area contributed by atoms with Gasteiger partial charge in [0.1, 0.15) is 0 Å². The van der Waals surface area contributed by atoms with Gasteiger partial charge in [0.05, 0.1) is 22.8 Å². The summed E-state index contributed by atoms with van der Waals surface area (Å²) in [4.78, 5) is 15.5. The number of aromatic nitrogens is 5. The maximum Gasteiger partial charge on any atom is 0.274 e. The monoisotopic (exact) mass is 328 g/mol. The van der Waals surface area contributed by atoms with Crippen LogP contribution < -0.4 is 0 Å². The van der Waals surface area contributed by atoms with Gasteiger partial charge in [-0.3, -0.25) is 9.89 Å². The standard InChI is InChI=1S/C15H16N6OS/c22-15(13-10-12(17-18-13)14-2-1-9-23-14)20-6-3-11(4-7-20)21-8-5-16-19-21/h1-2,5,8-11H,3-4,6-7H2,(H,17,18). The molecule has 0 aliphatic carbocycles. The summed E-state index contributed by atoms with van der Waals surface area (Å²) in [6.07, 6.45) is 5.34. The number of thiophene rings is 1.